The Morgan fingerprint density at radius 3 is 2.38 bits per heavy atom. The van der Waals surface area contributed by atoms with Crippen molar-refractivity contribution in [2.45, 2.75) is 19.9 Å². The van der Waals surface area contributed by atoms with E-state index in [9.17, 15) is 4.79 Å². The molecule has 1 aromatic rings. The fourth-order valence-electron chi connectivity index (χ4n) is 1.15. The molecule has 1 amide bonds. The van der Waals surface area contributed by atoms with Gasteiger partial charge in [0.1, 0.15) is 0 Å². The highest BCUT2D eigenvalue weighted by molar-refractivity contribution is 5.77. The van der Waals surface area contributed by atoms with Crippen molar-refractivity contribution in [1.82, 2.24) is 20.0 Å². The molecule has 0 unspecified atom stereocenters. The summed E-state index contributed by atoms with van der Waals surface area (Å²) in [7, 11) is 5.31. The van der Waals surface area contributed by atoms with E-state index in [1.165, 1.54) is 0 Å². The zero-order valence-electron chi connectivity index (χ0n) is 10.2. The molecule has 0 saturated carbocycles. The van der Waals surface area contributed by atoms with E-state index < -0.39 is 0 Å². The van der Waals surface area contributed by atoms with Crippen LogP contribution in [0, 0.1) is 0 Å². The van der Waals surface area contributed by atoms with Gasteiger partial charge in [0.2, 0.25) is 17.7 Å². The number of nitrogens with zero attached hydrogens (tertiary/aromatic N) is 4. The predicted molar refractivity (Wildman–Crippen MR) is 58.7 cm³/mol. The second kappa shape index (κ2) is 5.60. The van der Waals surface area contributed by atoms with Crippen molar-refractivity contribution in [3.8, 4) is 0 Å². The molecule has 16 heavy (non-hydrogen) atoms. The summed E-state index contributed by atoms with van der Waals surface area (Å²) >= 11 is 0. The minimum atomic E-state index is 0.0535. The van der Waals surface area contributed by atoms with Gasteiger partial charge in [0.15, 0.2) is 0 Å². The molecule has 0 aliphatic carbocycles. The number of carbonyl (C=O) groups is 1. The van der Waals surface area contributed by atoms with Crippen molar-refractivity contribution < 1.29 is 9.21 Å². The molecule has 0 radical (unpaired) electrons. The van der Waals surface area contributed by atoms with Gasteiger partial charge in [-0.25, -0.2) is 0 Å². The first kappa shape index (κ1) is 12.6. The van der Waals surface area contributed by atoms with Crippen LogP contribution in [-0.2, 0) is 17.8 Å². The quantitative estimate of drug-likeness (QED) is 0.715. The van der Waals surface area contributed by atoms with Crippen LogP contribution in [0.3, 0.4) is 0 Å². The molecule has 1 rings (SSSR count). The molecule has 6 nitrogen and oxygen atoms in total. The lowest BCUT2D eigenvalue weighted by Crippen LogP contribution is -2.34. The third-order valence-electron chi connectivity index (χ3n) is 2.12. The zero-order valence-corrected chi connectivity index (χ0v) is 10.2. The molecule has 0 N–H and O–H groups in total. The van der Waals surface area contributed by atoms with Gasteiger partial charge in [-0.05, 0) is 7.05 Å². The SMILES string of the molecule is CCc1nnc(CN(C)CC(=O)N(C)C)o1. The number of hydrogen-bond acceptors (Lipinski definition) is 5. The third-order valence-corrected chi connectivity index (χ3v) is 2.12. The zero-order chi connectivity index (χ0) is 12.1. The number of amides is 1. The van der Waals surface area contributed by atoms with Crippen molar-refractivity contribution in [2.75, 3.05) is 27.7 Å². The first-order valence-electron chi connectivity index (χ1n) is 5.23. The van der Waals surface area contributed by atoms with E-state index in [1.807, 2.05) is 18.9 Å². The number of hydrogen-bond donors (Lipinski definition) is 0. The van der Waals surface area contributed by atoms with Crippen molar-refractivity contribution in [2.24, 2.45) is 0 Å². The summed E-state index contributed by atoms with van der Waals surface area (Å²) in [5.41, 5.74) is 0. The second-order valence-electron chi connectivity index (χ2n) is 3.90. The number of carbonyl (C=O) groups excluding carboxylic acids is 1. The fraction of sp³-hybridized carbons (Fsp3) is 0.700. The normalized spacial score (nSPS) is 10.8. The van der Waals surface area contributed by atoms with Crippen LogP contribution in [0.25, 0.3) is 0 Å². The van der Waals surface area contributed by atoms with E-state index >= 15 is 0 Å². The highest BCUT2D eigenvalue weighted by Crippen LogP contribution is 2.03. The van der Waals surface area contributed by atoms with E-state index in [1.54, 1.807) is 19.0 Å². The van der Waals surface area contributed by atoms with Crippen LogP contribution in [0.4, 0.5) is 0 Å². The van der Waals surface area contributed by atoms with Gasteiger partial charge in [-0.3, -0.25) is 9.69 Å². The first-order valence-corrected chi connectivity index (χ1v) is 5.23. The highest BCUT2D eigenvalue weighted by atomic mass is 16.4. The number of rotatable bonds is 5. The van der Waals surface area contributed by atoms with E-state index in [0.717, 1.165) is 6.42 Å². The van der Waals surface area contributed by atoms with E-state index in [-0.39, 0.29) is 5.91 Å². The molecule has 0 fully saturated rings. The highest BCUT2D eigenvalue weighted by Gasteiger charge is 2.12. The van der Waals surface area contributed by atoms with Crippen LogP contribution in [0.5, 0.6) is 0 Å². The molecule has 90 valence electrons. The molecule has 0 aromatic carbocycles. The van der Waals surface area contributed by atoms with Crippen LogP contribution in [-0.4, -0.2) is 53.6 Å². The molecule has 0 bridgehead atoms. The molecule has 6 heteroatoms. The minimum Gasteiger partial charge on any atom is -0.424 e. The summed E-state index contributed by atoms with van der Waals surface area (Å²) in [6.07, 6.45) is 0.730. The Balaban J connectivity index is 2.45. The summed E-state index contributed by atoms with van der Waals surface area (Å²) in [5, 5.41) is 7.76. The second-order valence-corrected chi connectivity index (χ2v) is 3.90. The van der Waals surface area contributed by atoms with Gasteiger partial charge in [0.25, 0.3) is 0 Å². The van der Waals surface area contributed by atoms with Gasteiger partial charge >= 0.3 is 0 Å². The monoisotopic (exact) mass is 226 g/mol. The van der Waals surface area contributed by atoms with Crippen LogP contribution >= 0.6 is 0 Å². The van der Waals surface area contributed by atoms with Gasteiger partial charge < -0.3 is 9.32 Å². The number of aromatic nitrogens is 2. The van der Waals surface area contributed by atoms with Crippen molar-refractivity contribution in [3.05, 3.63) is 11.8 Å². The lowest BCUT2D eigenvalue weighted by molar-refractivity contribution is -0.129. The Bertz CT molecular complexity index is 348. The third kappa shape index (κ3) is 3.62. The van der Waals surface area contributed by atoms with E-state index in [4.69, 9.17) is 4.42 Å². The molecular formula is C10H18N4O2. The Hall–Kier alpha value is -1.43. The summed E-state index contributed by atoms with van der Waals surface area (Å²) < 4.78 is 5.36. The van der Waals surface area contributed by atoms with Crippen LogP contribution in [0.15, 0.2) is 4.42 Å². The molecule has 0 saturated heterocycles. The molecular weight excluding hydrogens is 208 g/mol. The number of likely N-dealkylation sites (N-methyl/N-ethyl adjacent to an activating group) is 2. The van der Waals surface area contributed by atoms with Gasteiger partial charge in [-0.2, -0.15) is 0 Å². The van der Waals surface area contributed by atoms with Crippen LogP contribution in [0.1, 0.15) is 18.7 Å². The standard InChI is InChI=1S/C10H18N4O2/c1-5-8-11-12-9(16-8)6-14(4)7-10(15)13(2)3/h5-7H2,1-4H3. The van der Waals surface area contributed by atoms with Crippen molar-refractivity contribution in [1.29, 1.82) is 0 Å². The van der Waals surface area contributed by atoms with Gasteiger partial charge in [-0.1, -0.05) is 6.92 Å². The molecule has 0 spiro atoms. The van der Waals surface area contributed by atoms with E-state index in [2.05, 4.69) is 10.2 Å². The minimum absolute atomic E-state index is 0.0535. The largest absolute Gasteiger partial charge is 0.424 e. The maximum Gasteiger partial charge on any atom is 0.236 e. The van der Waals surface area contributed by atoms with E-state index in [0.29, 0.717) is 24.9 Å². The smallest absolute Gasteiger partial charge is 0.236 e. The van der Waals surface area contributed by atoms with Gasteiger partial charge in [-0.15, -0.1) is 10.2 Å². The average Bonchev–Trinajstić information content (AvgIpc) is 2.65. The molecule has 0 aliphatic rings. The topological polar surface area (TPSA) is 62.5 Å². The summed E-state index contributed by atoms with van der Waals surface area (Å²) in [6.45, 7) is 2.79. The molecule has 0 atom stereocenters. The Morgan fingerprint density at radius 1 is 1.25 bits per heavy atom. The lowest BCUT2D eigenvalue weighted by atomic mass is 10.4. The first-order chi connectivity index (χ1) is 7.52. The van der Waals surface area contributed by atoms with Crippen molar-refractivity contribution >= 4 is 5.91 Å². The van der Waals surface area contributed by atoms with Gasteiger partial charge in [0.05, 0.1) is 13.1 Å². The Labute approximate surface area is 95.2 Å². The Kier molecular flexibility index (Phi) is 4.42. The molecule has 0 aliphatic heterocycles. The molecule has 1 aromatic heterocycles. The lowest BCUT2D eigenvalue weighted by Gasteiger charge is -2.16. The maximum absolute atomic E-state index is 11.4. The van der Waals surface area contributed by atoms with Crippen molar-refractivity contribution in [3.63, 3.8) is 0 Å². The van der Waals surface area contributed by atoms with Crippen LogP contribution < -0.4 is 0 Å². The fourth-order valence-corrected chi connectivity index (χ4v) is 1.15. The molecule has 1 heterocycles. The summed E-state index contributed by atoms with van der Waals surface area (Å²) in [6, 6.07) is 0. The number of aryl methyl sites for hydroxylation is 1. The maximum atomic E-state index is 11.4. The Morgan fingerprint density at radius 2 is 1.88 bits per heavy atom. The average molecular weight is 226 g/mol. The van der Waals surface area contributed by atoms with Crippen LogP contribution in [0.2, 0.25) is 0 Å². The summed E-state index contributed by atoms with van der Waals surface area (Å²) in [4.78, 5) is 14.8. The van der Waals surface area contributed by atoms with Gasteiger partial charge in [0, 0.05) is 20.5 Å². The summed E-state index contributed by atoms with van der Waals surface area (Å²) in [5.74, 6) is 1.23. The predicted octanol–water partition coefficient (Wildman–Crippen LogP) is 0.152.